The second-order valence-electron chi connectivity index (χ2n) is 4.26. The Balaban J connectivity index is 2.31. The normalized spacial score (nSPS) is 10.6. The minimum atomic E-state index is -3.69. The Bertz CT molecular complexity index is 805. The SMILES string of the molecule is Cc1ccccc1S(=O)(=O)Nc1cc(C#CCO)ccn1. The van der Waals surface area contributed by atoms with Crippen LogP contribution in [0.5, 0.6) is 0 Å². The van der Waals surface area contributed by atoms with E-state index in [2.05, 4.69) is 21.5 Å². The molecule has 108 valence electrons. The van der Waals surface area contributed by atoms with Crippen LogP contribution >= 0.6 is 0 Å². The summed E-state index contributed by atoms with van der Waals surface area (Å²) in [4.78, 5) is 4.17. The van der Waals surface area contributed by atoms with Gasteiger partial charge in [0.1, 0.15) is 12.4 Å². The number of aryl methyl sites for hydroxylation is 1. The molecule has 21 heavy (non-hydrogen) atoms. The summed E-state index contributed by atoms with van der Waals surface area (Å²) in [6, 6.07) is 9.85. The molecule has 6 heteroatoms. The summed E-state index contributed by atoms with van der Waals surface area (Å²) in [5, 5.41) is 8.66. The van der Waals surface area contributed by atoms with Crippen LogP contribution < -0.4 is 4.72 Å². The van der Waals surface area contributed by atoms with Gasteiger partial charge in [-0.3, -0.25) is 4.72 Å². The molecule has 0 fully saturated rings. The Morgan fingerprint density at radius 3 is 2.76 bits per heavy atom. The van der Waals surface area contributed by atoms with Gasteiger partial charge in [-0.2, -0.15) is 0 Å². The maximum absolute atomic E-state index is 12.3. The first-order valence-electron chi connectivity index (χ1n) is 6.17. The van der Waals surface area contributed by atoms with E-state index in [9.17, 15) is 8.42 Å². The molecule has 2 N–H and O–H groups in total. The Morgan fingerprint density at radius 1 is 1.29 bits per heavy atom. The monoisotopic (exact) mass is 302 g/mol. The summed E-state index contributed by atoms with van der Waals surface area (Å²) < 4.78 is 27.1. The highest BCUT2D eigenvalue weighted by atomic mass is 32.2. The number of aliphatic hydroxyl groups is 1. The van der Waals surface area contributed by atoms with E-state index in [4.69, 9.17) is 5.11 Å². The minimum absolute atomic E-state index is 0.183. The summed E-state index contributed by atoms with van der Waals surface area (Å²) in [7, 11) is -3.69. The van der Waals surface area contributed by atoms with E-state index in [1.165, 1.54) is 18.3 Å². The van der Waals surface area contributed by atoms with Crippen LogP contribution in [0.4, 0.5) is 5.82 Å². The van der Waals surface area contributed by atoms with Crippen molar-refractivity contribution in [2.45, 2.75) is 11.8 Å². The molecule has 5 nitrogen and oxygen atoms in total. The zero-order valence-corrected chi connectivity index (χ0v) is 12.2. The third-order valence-electron chi connectivity index (χ3n) is 2.69. The number of aliphatic hydroxyl groups excluding tert-OH is 1. The number of hydrogen-bond donors (Lipinski definition) is 2. The number of nitrogens with zero attached hydrogens (tertiary/aromatic N) is 1. The molecule has 1 heterocycles. The maximum atomic E-state index is 12.3. The number of nitrogens with one attached hydrogen (secondary N) is 1. The molecule has 0 aliphatic carbocycles. The van der Waals surface area contributed by atoms with E-state index in [0.717, 1.165) is 0 Å². The molecule has 1 aromatic heterocycles. The first kappa shape index (κ1) is 15.0. The van der Waals surface area contributed by atoms with Crippen molar-refractivity contribution < 1.29 is 13.5 Å². The molecule has 0 radical (unpaired) electrons. The Hall–Kier alpha value is -2.36. The second kappa shape index (κ2) is 6.39. The van der Waals surface area contributed by atoms with Crippen molar-refractivity contribution >= 4 is 15.8 Å². The first-order valence-corrected chi connectivity index (χ1v) is 7.65. The molecular formula is C15H14N2O3S. The average molecular weight is 302 g/mol. The number of rotatable bonds is 3. The maximum Gasteiger partial charge on any atom is 0.263 e. The van der Waals surface area contributed by atoms with E-state index in [1.807, 2.05) is 0 Å². The average Bonchev–Trinajstić information content (AvgIpc) is 2.45. The van der Waals surface area contributed by atoms with Crippen molar-refractivity contribution in [3.8, 4) is 11.8 Å². The van der Waals surface area contributed by atoms with Crippen LogP contribution in [0.2, 0.25) is 0 Å². The van der Waals surface area contributed by atoms with Crippen LogP contribution in [0.1, 0.15) is 11.1 Å². The molecule has 1 aromatic carbocycles. The smallest absolute Gasteiger partial charge is 0.263 e. The highest BCUT2D eigenvalue weighted by Gasteiger charge is 2.16. The molecule has 2 aromatic rings. The topological polar surface area (TPSA) is 79.3 Å². The van der Waals surface area contributed by atoms with Crippen molar-refractivity contribution in [1.29, 1.82) is 0 Å². The van der Waals surface area contributed by atoms with Gasteiger partial charge < -0.3 is 5.11 Å². The van der Waals surface area contributed by atoms with E-state index >= 15 is 0 Å². The van der Waals surface area contributed by atoms with Crippen LogP contribution in [0.15, 0.2) is 47.5 Å². The summed E-state index contributed by atoms with van der Waals surface area (Å²) >= 11 is 0. The molecule has 2 rings (SSSR count). The number of aromatic nitrogens is 1. The van der Waals surface area contributed by atoms with Crippen molar-refractivity contribution in [3.05, 3.63) is 53.7 Å². The lowest BCUT2D eigenvalue weighted by Crippen LogP contribution is -2.15. The molecule has 0 amide bonds. The molecule has 0 spiro atoms. The summed E-state index contributed by atoms with van der Waals surface area (Å²) in [5.41, 5.74) is 1.22. The molecule has 0 unspecified atom stereocenters. The van der Waals surface area contributed by atoms with E-state index < -0.39 is 10.0 Å². The lowest BCUT2D eigenvalue weighted by Gasteiger charge is -2.09. The van der Waals surface area contributed by atoms with Gasteiger partial charge >= 0.3 is 0 Å². The largest absolute Gasteiger partial charge is 0.384 e. The van der Waals surface area contributed by atoms with Crippen LogP contribution in [0, 0.1) is 18.8 Å². The number of pyridine rings is 1. The molecule has 0 atom stereocenters. The van der Waals surface area contributed by atoms with Gasteiger partial charge in [-0.25, -0.2) is 13.4 Å². The fourth-order valence-corrected chi connectivity index (χ4v) is 3.00. The third kappa shape index (κ3) is 3.81. The van der Waals surface area contributed by atoms with Crippen LogP contribution in [-0.4, -0.2) is 25.1 Å². The van der Waals surface area contributed by atoms with Crippen LogP contribution in [0.3, 0.4) is 0 Å². The molecule has 0 saturated carbocycles. The van der Waals surface area contributed by atoms with Gasteiger partial charge in [-0.05, 0) is 30.7 Å². The van der Waals surface area contributed by atoms with Gasteiger partial charge in [-0.1, -0.05) is 30.0 Å². The van der Waals surface area contributed by atoms with Gasteiger partial charge in [0.25, 0.3) is 10.0 Å². The van der Waals surface area contributed by atoms with Crippen molar-refractivity contribution in [1.82, 2.24) is 4.98 Å². The standard InChI is InChI=1S/C15H14N2O3S/c1-12-5-2-3-7-14(12)21(19,20)17-15-11-13(6-4-10-18)8-9-16-15/h2-3,5,7-9,11,18H,10H2,1H3,(H,16,17). The third-order valence-corrected chi connectivity index (χ3v) is 4.21. The number of benzene rings is 1. The zero-order chi connectivity index (χ0) is 15.3. The van der Waals surface area contributed by atoms with Gasteiger partial charge in [0.2, 0.25) is 0 Å². The van der Waals surface area contributed by atoms with Gasteiger partial charge in [0.05, 0.1) is 4.90 Å². The fourth-order valence-electron chi connectivity index (χ4n) is 1.76. The van der Waals surface area contributed by atoms with E-state index in [-0.39, 0.29) is 17.3 Å². The fraction of sp³-hybridized carbons (Fsp3) is 0.133. The first-order chi connectivity index (χ1) is 10.0. The lowest BCUT2D eigenvalue weighted by molar-refractivity contribution is 0.350. The zero-order valence-electron chi connectivity index (χ0n) is 11.4. The predicted octanol–water partition coefficient (Wildman–Crippen LogP) is 1.53. The van der Waals surface area contributed by atoms with Gasteiger partial charge in [0, 0.05) is 11.8 Å². The van der Waals surface area contributed by atoms with Gasteiger partial charge in [0.15, 0.2) is 0 Å². The summed E-state index contributed by atoms with van der Waals surface area (Å²) in [5.74, 6) is 5.38. The number of sulfonamides is 1. The van der Waals surface area contributed by atoms with Crippen LogP contribution in [-0.2, 0) is 10.0 Å². The van der Waals surface area contributed by atoms with Crippen molar-refractivity contribution in [2.75, 3.05) is 11.3 Å². The Kier molecular flexibility index (Phi) is 4.58. The summed E-state index contributed by atoms with van der Waals surface area (Å²) in [6.07, 6.45) is 1.46. The highest BCUT2D eigenvalue weighted by molar-refractivity contribution is 7.92. The molecule has 0 aliphatic rings. The molecular weight excluding hydrogens is 288 g/mol. The Morgan fingerprint density at radius 2 is 2.05 bits per heavy atom. The van der Waals surface area contributed by atoms with E-state index in [0.29, 0.717) is 11.1 Å². The highest BCUT2D eigenvalue weighted by Crippen LogP contribution is 2.18. The minimum Gasteiger partial charge on any atom is -0.384 e. The van der Waals surface area contributed by atoms with Crippen molar-refractivity contribution in [3.63, 3.8) is 0 Å². The van der Waals surface area contributed by atoms with Crippen molar-refractivity contribution in [2.24, 2.45) is 0 Å². The Labute approximate surface area is 123 Å². The number of anilines is 1. The predicted molar refractivity (Wildman–Crippen MR) is 80.2 cm³/mol. The molecule has 0 saturated heterocycles. The number of hydrogen-bond acceptors (Lipinski definition) is 4. The van der Waals surface area contributed by atoms with Gasteiger partial charge in [-0.15, -0.1) is 0 Å². The second-order valence-corrected chi connectivity index (χ2v) is 5.91. The van der Waals surface area contributed by atoms with Crippen LogP contribution in [0.25, 0.3) is 0 Å². The quantitative estimate of drug-likeness (QED) is 0.843. The summed E-state index contributed by atoms with van der Waals surface area (Å²) in [6.45, 7) is 1.47. The molecule has 0 aliphatic heterocycles. The van der Waals surface area contributed by atoms with E-state index in [1.54, 1.807) is 31.2 Å². The molecule has 0 bridgehead atoms. The lowest BCUT2D eigenvalue weighted by atomic mass is 10.2.